The van der Waals surface area contributed by atoms with Crippen molar-refractivity contribution in [3.63, 3.8) is 0 Å². The van der Waals surface area contributed by atoms with Crippen LogP contribution < -0.4 is 4.72 Å². The number of amides is 1. The highest BCUT2D eigenvalue weighted by Gasteiger charge is 2.39. The number of halogens is 6. The van der Waals surface area contributed by atoms with E-state index in [1.54, 1.807) is 0 Å². The summed E-state index contributed by atoms with van der Waals surface area (Å²) >= 11 is 5.45. The lowest BCUT2D eigenvalue weighted by molar-refractivity contribution is -0.171. The molecule has 1 N–H and O–H groups in total. The van der Waals surface area contributed by atoms with Gasteiger partial charge in [-0.3, -0.25) is 9.52 Å². The van der Waals surface area contributed by atoms with Crippen molar-refractivity contribution in [1.29, 1.82) is 0 Å². The normalized spacial score (nSPS) is 13.3. The minimum Gasteiger partial charge on any atom is -0.267 e. The second-order valence-corrected chi connectivity index (χ2v) is 5.01. The van der Waals surface area contributed by atoms with Crippen LogP contribution in [0.25, 0.3) is 0 Å². The maximum absolute atomic E-state index is 12.4. The number of rotatable bonds is 4. The van der Waals surface area contributed by atoms with E-state index in [4.69, 9.17) is 11.6 Å². The van der Waals surface area contributed by atoms with Crippen LogP contribution in [0.1, 0.15) is 17.7 Å². The molecular weight excluding hydrogens is 331 g/mol. The maximum atomic E-state index is 12.4. The Kier molecular flexibility index (Phi) is 5.40. The van der Waals surface area contributed by atoms with Gasteiger partial charge in [-0.1, -0.05) is 11.6 Å². The predicted octanol–water partition coefficient (Wildman–Crippen LogP) is 2.51. The summed E-state index contributed by atoms with van der Waals surface area (Å²) in [4.78, 5) is 13.8. The number of hydrogen-bond acceptors (Lipinski definition) is 3. The number of pyridine rings is 1. The monoisotopic (exact) mass is 336 g/mol. The van der Waals surface area contributed by atoms with Gasteiger partial charge in [-0.15, -0.1) is 0 Å². The van der Waals surface area contributed by atoms with Crippen molar-refractivity contribution in [3.05, 3.63) is 28.5 Å². The van der Waals surface area contributed by atoms with Crippen molar-refractivity contribution in [2.24, 2.45) is 0 Å². The van der Waals surface area contributed by atoms with E-state index >= 15 is 0 Å². The maximum Gasteiger partial charge on any atom is 0.472 e. The standard InChI is InChI=1S/C9H6ClF5N2O2S/c10-6-2-4(1-5(16-6)7(11)12)3-20(19)17-8(18)9(13,14)15/h1-2,7H,3H2,(H,17,18). The number of alkyl halides is 5. The fraction of sp³-hybridized carbons (Fsp3) is 0.333. The van der Waals surface area contributed by atoms with Crippen molar-refractivity contribution in [2.45, 2.75) is 18.4 Å². The smallest absolute Gasteiger partial charge is 0.267 e. The quantitative estimate of drug-likeness (QED) is 0.679. The first-order valence-electron chi connectivity index (χ1n) is 4.80. The van der Waals surface area contributed by atoms with Crippen LogP contribution in [-0.2, 0) is 21.5 Å². The second kappa shape index (κ2) is 6.44. The first-order chi connectivity index (χ1) is 9.09. The Balaban J connectivity index is 2.79. The van der Waals surface area contributed by atoms with E-state index < -0.39 is 40.9 Å². The largest absolute Gasteiger partial charge is 0.472 e. The number of carbonyl (C=O) groups is 1. The van der Waals surface area contributed by atoms with Crippen molar-refractivity contribution >= 4 is 28.5 Å². The van der Waals surface area contributed by atoms with Crippen molar-refractivity contribution in [1.82, 2.24) is 9.71 Å². The molecule has 0 spiro atoms. The lowest BCUT2D eigenvalue weighted by atomic mass is 10.2. The van der Waals surface area contributed by atoms with E-state index in [0.717, 1.165) is 12.1 Å². The summed E-state index contributed by atoms with van der Waals surface area (Å²) < 4.78 is 73.0. The number of aromatic nitrogens is 1. The van der Waals surface area contributed by atoms with E-state index in [1.807, 2.05) is 0 Å². The molecule has 0 saturated carbocycles. The minimum absolute atomic E-state index is 0.0406. The van der Waals surface area contributed by atoms with Gasteiger partial charge in [0.1, 0.15) is 21.8 Å². The average Bonchev–Trinajstić information content (AvgIpc) is 2.26. The van der Waals surface area contributed by atoms with Crippen LogP contribution in [0, 0.1) is 0 Å². The molecule has 1 rings (SSSR count). The molecule has 1 aromatic rings. The topological polar surface area (TPSA) is 59.1 Å². The summed E-state index contributed by atoms with van der Waals surface area (Å²) in [5.41, 5.74) is -0.743. The Hall–Kier alpha value is -1.29. The average molecular weight is 337 g/mol. The summed E-state index contributed by atoms with van der Waals surface area (Å²) in [5, 5.41) is -0.322. The van der Waals surface area contributed by atoms with Gasteiger partial charge in [0.25, 0.3) is 6.43 Å². The van der Waals surface area contributed by atoms with Gasteiger partial charge in [-0.2, -0.15) is 13.2 Å². The number of nitrogens with one attached hydrogen (secondary N) is 1. The molecule has 0 fully saturated rings. The number of carbonyl (C=O) groups excluding carboxylic acids is 1. The van der Waals surface area contributed by atoms with Crippen LogP contribution in [0.3, 0.4) is 0 Å². The molecule has 0 aromatic carbocycles. The Morgan fingerprint density at radius 2 is 2.00 bits per heavy atom. The highest BCUT2D eigenvalue weighted by Crippen LogP contribution is 2.21. The fourth-order valence-electron chi connectivity index (χ4n) is 1.12. The van der Waals surface area contributed by atoms with Crippen molar-refractivity contribution < 1.29 is 31.0 Å². The summed E-state index contributed by atoms with van der Waals surface area (Å²) in [6, 6.07) is 1.90. The van der Waals surface area contributed by atoms with Gasteiger partial charge in [-0.05, 0) is 17.7 Å². The molecular formula is C9H6ClF5N2O2S. The van der Waals surface area contributed by atoms with Crippen LogP contribution in [0.4, 0.5) is 22.0 Å². The number of nitrogens with zero attached hydrogens (tertiary/aromatic N) is 1. The van der Waals surface area contributed by atoms with Crippen LogP contribution in [-0.4, -0.2) is 21.3 Å². The third-order valence-electron chi connectivity index (χ3n) is 1.86. The van der Waals surface area contributed by atoms with Gasteiger partial charge in [0.2, 0.25) is 0 Å². The van der Waals surface area contributed by atoms with Crippen LogP contribution in [0.5, 0.6) is 0 Å². The molecule has 0 radical (unpaired) electrons. The molecule has 11 heteroatoms. The molecule has 1 heterocycles. The predicted molar refractivity (Wildman–Crippen MR) is 60.2 cm³/mol. The molecule has 20 heavy (non-hydrogen) atoms. The molecule has 1 amide bonds. The first-order valence-corrected chi connectivity index (χ1v) is 6.50. The van der Waals surface area contributed by atoms with E-state index in [2.05, 4.69) is 4.98 Å². The van der Waals surface area contributed by atoms with Crippen LogP contribution >= 0.6 is 11.6 Å². The van der Waals surface area contributed by atoms with Gasteiger partial charge in [0.05, 0.1) is 5.75 Å². The lowest BCUT2D eigenvalue weighted by Gasteiger charge is -2.08. The summed E-state index contributed by atoms with van der Waals surface area (Å²) in [7, 11) is -2.43. The molecule has 0 aliphatic carbocycles. The lowest BCUT2D eigenvalue weighted by Crippen LogP contribution is -2.38. The number of hydrogen-bond donors (Lipinski definition) is 1. The molecule has 1 atom stereocenters. The van der Waals surface area contributed by atoms with E-state index in [9.17, 15) is 31.0 Å². The highest BCUT2D eigenvalue weighted by atomic mass is 35.5. The van der Waals surface area contributed by atoms with Crippen molar-refractivity contribution in [2.75, 3.05) is 0 Å². The zero-order valence-electron chi connectivity index (χ0n) is 9.38. The van der Waals surface area contributed by atoms with E-state index in [1.165, 1.54) is 4.72 Å². The summed E-state index contributed by atoms with van der Waals surface area (Å²) in [6.45, 7) is 0. The van der Waals surface area contributed by atoms with Crippen LogP contribution in [0.2, 0.25) is 5.15 Å². The Labute approximate surface area is 116 Å². The SMILES string of the molecule is O=C(NS(=O)Cc1cc(Cl)nc(C(F)F)c1)C(F)(F)F. The zero-order chi connectivity index (χ0) is 15.5. The Morgan fingerprint density at radius 1 is 1.40 bits per heavy atom. The van der Waals surface area contributed by atoms with Gasteiger partial charge in [0.15, 0.2) is 0 Å². The molecule has 0 aliphatic rings. The molecule has 0 aliphatic heterocycles. The molecule has 1 aromatic heterocycles. The van der Waals surface area contributed by atoms with E-state index in [0.29, 0.717) is 0 Å². The minimum atomic E-state index is -5.18. The highest BCUT2D eigenvalue weighted by molar-refractivity contribution is 7.82. The third kappa shape index (κ3) is 5.00. The molecule has 0 bridgehead atoms. The van der Waals surface area contributed by atoms with Gasteiger partial charge in [-0.25, -0.2) is 18.0 Å². The summed E-state index contributed by atoms with van der Waals surface area (Å²) in [6.07, 6.45) is -8.12. The van der Waals surface area contributed by atoms with Crippen molar-refractivity contribution in [3.8, 4) is 0 Å². The fourth-order valence-corrected chi connectivity index (χ4v) is 2.22. The molecule has 112 valence electrons. The molecule has 0 saturated heterocycles. The van der Waals surface area contributed by atoms with Gasteiger partial charge >= 0.3 is 12.1 Å². The second-order valence-electron chi connectivity index (χ2n) is 3.44. The zero-order valence-corrected chi connectivity index (χ0v) is 11.0. The molecule has 4 nitrogen and oxygen atoms in total. The Morgan fingerprint density at radius 3 is 2.50 bits per heavy atom. The van der Waals surface area contributed by atoms with Crippen LogP contribution in [0.15, 0.2) is 12.1 Å². The van der Waals surface area contributed by atoms with Gasteiger partial charge < -0.3 is 0 Å². The Bertz CT molecular complexity index is 538. The van der Waals surface area contributed by atoms with Gasteiger partial charge in [0, 0.05) is 0 Å². The van der Waals surface area contributed by atoms with E-state index in [-0.39, 0.29) is 10.7 Å². The summed E-state index contributed by atoms with van der Waals surface area (Å²) in [5.74, 6) is -2.99. The third-order valence-corrected chi connectivity index (χ3v) is 3.06. The molecule has 1 unspecified atom stereocenters. The first kappa shape index (κ1) is 16.8.